The van der Waals surface area contributed by atoms with Crippen LogP contribution in [0.3, 0.4) is 0 Å². The Labute approximate surface area is 104 Å². The van der Waals surface area contributed by atoms with Crippen molar-refractivity contribution in [3.05, 3.63) is 34.9 Å². The maximum absolute atomic E-state index is 11.8. The van der Waals surface area contributed by atoms with Crippen molar-refractivity contribution in [3.8, 4) is 0 Å². The van der Waals surface area contributed by atoms with Gasteiger partial charge in [-0.3, -0.25) is 11.3 Å². The monoisotopic (exact) mass is 264 g/mol. The third-order valence-corrected chi connectivity index (χ3v) is 2.62. The molecule has 0 heterocycles. The van der Waals surface area contributed by atoms with Gasteiger partial charge in [0.05, 0.1) is 0 Å². The molecule has 96 valence electrons. The number of alkyl halides is 2. The molecule has 0 saturated heterocycles. The van der Waals surface area contributed by atoms with Gasteiger partial charge in [-0.15, -0.1) is 0 Å². The Morgan fingerprint density at radius 3 is 2.65 bits per heavy atom. The van der Waals surface area contributed by atoms with Crippen LogP contribution in [0.2, 0.25) is 5.02 Å². The van der Waals surface area contributed by atoms with Crippen LogP contribution in [-0.2, 0) is 4.74 Å². The number of hydrogen-bond donors (Lipinski definition) is 2. The molecule has 0 bridgehead atoms. The summed E-state index contributed by atoms with van der Waals surface area (Å²) in [6.07, 6.45) is -1.97. The first-order valence-electron chi connectivity index (χ1n) is 5.21. The molecule has 0 aliphatic carbocycles. The highest BCUT2D eigenvalue weighted by Crippen LogP contribution is 2.24. The SMILES string of the molecule is NNC(CCOCC(F)F)c1ccccc1Cl. The van der Waals surface area contributed by atoms with Gasteiger partial charge in [0.25, 0.3) is 6.43 Å². The van der Waals surface area contributed by atoms with Crippen LogP contribution in [0.1, 0.15) is 18.0 Å². The summed E-state index contributed by atoms with van der Waals surface area (Å²) in [5.41, 5.74) is 3.43. The minimum absolute atomic E-state index is 0.199. The van der Waals surface area contributed by atoms with Gasteiger partial charge in [0, 0.05) is 17.7 Å². The lowest BCUT2D eigenvalue weighted by atomic mass is 10.1. The molecule has 17 heavy (non-hydrogen) atoms. The summed E-state index contributed by atoms with van der Waals surface area (Å²) < 4.78 is 28.5. The Morgan fingerprint density at radius 2 is 2.06 bits per heavy atom. The lowest BCUT2D eigenvalue weighted by Crippen LogP contribution is -2.29. The van der Waals surface area contributed by atoms with Crippen LogP contribution in [0.5, 0.6) is 0 Å². The van der Waals surface area contributed by atoms with Gasteiger partial charge < -0.3 is 4.74 Å². The van der Waals surface area contributed by atoms with Crippen molar-refractivity contribution in [3.63, 3.8) is 0 Å². The summed E-state index contributed by atoms with van der Waals surface area (Å²) in [4.78, 5) is 0. The first-order valence-corrected chi connectivity index (χ1v) is 5.59. The summed E-state index contributed by atoms with van der Waals surface area (Å²) >= 11 is 6.00. The fraction of sp³-hybridized carbons (Fsp3) is 0.455. The maximum atomic E-state index is 11.8. The number of hydrazine groups is 1. The smallest absolute Gasteiger partial charge is 0.261 e. The van der Waals surface area contributed by atoms with Crippen molar-refractivity contribution in [1.82, 2.24) is 5.43 Å². The largest absolute Gasteiger partial charge is 0.375 e. The molecule has 0 aliphatic heterocycles. The predicted octanol–water partition coefficient (Wildman–Crippen LogP) is 2.52. The van der Waals surface area contributed by atoms with E-state index in [1.54, 1.807) is 6.07 Å². The van der Waals surface area contributed by atoms with E-state index in [0.717, 1.165) is 5.56 Å². The summed E-state index contributed by atoms with van der Waals surface area (Å²) in [6, 6.07) is 7.03. The van der Waals surface area contributed by atoms with E-state index >= 15 is 0 Å². The molecular weight excluding hydrogens is 250 g/mol. The minimum atomic E-state index is -2.44. The highest BCUT2D eigenvalue weighted by atomic mass is 35.5. The third kappa shape index (κ3) is 4.95. The van der Waals surface area contributed by atoms with Gasteiger partial charge in [-0.05, 0) is 18.1 Å². The lowest BCUT2D eigenvalue weighted by molar-refractivity contribution is 0.0143. The lowest BCUT2D eigenvalue weighted by Gasteiger charge is -2.17. The Morgan fingerprint density at radius 1 is 1.35 bits per heavy atom. The molecule has 1 aromatic carbocycles. The van der Waals surface area contributed by atoms with E-state index in [2.05, 4.69) is 5.43 Å². The molecule has 0 radical (unpaired) electrons. The number of rotatable bonds is 7. The number of nitrogens with two attached hydrogens (primary N) is 1. The summed E-state index contributed by atoms with van der Waals surface area (Å²) in [6.45, 7) is -0.357. The van der Waals surface area contributed by atoms with Gasteiger partial charge in [0.2, 0.25) is 0 Å². The molecule has 0 fully saturated rings. The van der Waals surface area contributed by atoms with Crippen LogP contribution in [0.15, 0.2) is 24.3 Å². The van der Waals surface area contributed by atoms with Gasteiger partial charge in [0.15, 0.2) is 0 Å². The summed E-state index contributed by atoms with van der Waals surface area (Å²) in [5.74, 6) is 5.40. The van der Waals surface area contributed by atoms with Gasteiger partial charge in [-0.25, -0.2) is 8.78 Å². The predicted molar refractivity (Wildman–Crippen MR) is 63.0 cm³/mol. The maximum Gasteiger partial charge on any atom is 0.261 e. The minimum Gasteiger partial charge on any atom is -0.375 e. The van der Waals surface area contributed by atoms with Crippen molar-refractivity contribution >= 4 is 11.6 Å². The van der Waals surface area contributed by atoms with Crippen molar-refractivity contribution in [2.24, 2.45) is 5.84 Å². The number of ether oxygens (including phenoxy) is 1. The highest BCUT2D eigenvalue weighted by Gasteiger charge is 2.13. The Hall–Kier alpha value is -0.750. The fourth-order valence-corrected chi connectivity index (χ4v) is 1.73. The zero-order chi connectivity index (χ0) is 12.7. The number of benzene rings is 1. The summed E-state index contributed by atoms with van der Waals surface area (Å²) in [7, 11) is 0. The van der Waals surface area contributed by atoms with E-state index in [1.807, 2.05) is 18.2 Å². The second-order valence-corrected chi connectivity index (χ2v) is 3.90. The van der Waals surface area contributed by atoms with Gasteiger partial charge in [-0.1, -0.05) is 29.8 Å². The number of halogens is 3. The molecule has 1 atom stereocenters. The number of hydrogen-bond acceptors (Lipinski definition) is 3. The van der Waals surface area contributed by atoms with Crippen LogP contribution in [0.25, 0.3) is 0 Å². The fourth-order valence-electron chi connectivity index (χ4n) is 1.46. The topological polar surface area (TPSA) is 47.3 Å². The van der Waals surface area contributed by atoms with Crippen molar-refractivity contribution in [2.75, 3.05) is 13.2 Å². The normalized spacial score (nSPS) is 13.0. The van der Waals surface area contributed by atoms with Crippen molar-refractivity contribution < 1.29 is 13.5 Å². The van der Waals surface area contributed by atoms with Crippen LogP contribution in [-0.4, -0.2) is 19.6 Å². The zero-order valence-corrected chi connectivity index (χ0v) is 9.96. The number of nitrogens with one attached hydrogen (secondary N) is 1. The van der Waals surface area contributed by atoms with Crippen LogP contribution in [0, 0.1) is 0 Å². The molecular formula is C11H15ClF2N2O. The van der Waals surface area contributed by atoms with Crippen LogP contribution in [0.4, 0.5) is 8.78 Å². The van der Waals surface area contributed by atoms with Gasteiger partial charge >= 0.3 is 0 Å². The molecule has 1 unspecified atom stereocenters. The molecule has 0 aliphatic rings. The molecule has 3 nitrogen and oxygen atoms in total. The van der Waals surface area contributed by atoms with Crippen molar-refractivity contribution in [2.45, 2.75) is 18.9 Å². The molecule has 0 saturated carbocycles. The first kappa shape index (κ1) is 14.3. The summed E-state index contributed by atoms with van der Waals surface area (Å²) in [5, 5.41) is 0.587. The van der Waals surface area contributed by atoms with Gasteiger partial charge in [-0.2, -0.15) is 0 Å². The molecule has 1 rings (SSSR count). The molecule has 0 spiro atoms. The molecule has 6 heteroatoms. The Kier molecular flexibility index (Phi) is 6.36. The molecule has 0 amide bonds. The van der Waals surface area contributed by atoms with Gasteiger partial charge in [0.1, 0.15) is 6.61 Å². The van der Waals surface area contributed by atoms with E-state index in [9.17, 15) is 8.78 Å². The highest BCUT2D eigenvalue weighted by molar-refractivity contribution is 6.31. The molecule has 1 aromatic rings. The zero-order valence-electron chi connectivity index (χ0n) is 9.20. The van der Waals surface area contributed by atoms with Crippen molar-refractivity contribution in [1.29, 1.82) is 0 Å². The second kappa shape index (κ2) is 7.55. The quantitative estimate of drug-likeness (QED) is 0.452. The van der Waals surface area contributed by atoms with Crippen LogP contribution >= 0.6 is 11.6 Å². The standard InChI is InChI=1S/C11H15ClF2N2O/c12-9-4-2-1-3-8(9)10(16-15)5-6-17-7-11(13)14/h1-4,10-11,16H,5-7,15H2. The average molecular weight is 265 g/mol. The second-order valence-electron chi connectivity index (χ2n) is 3.50. The van der Waals surface area contributed by atoms with E-state index in [4.69, 9.17) is 22.2 Å². The first-order chi connectivity index (χ1) is 8.15. The Bertz CT molecular complexity index is 339. The van der Waals surface area contributed by atoms with E-state index in [-0.39, 0.29) is 12.6 Å². The average Bonchev–Trinajstić information content (AvgIpc) is 2.30. The van der Waals surface area contributed by atoms with E-state index < -0.39 is 13.0 Å². The van der Waals surface area contributed by atoms with E-state index in [0.29, 0.717) is 11.4 Å². The molecule has 0 aromatic heterocycles. The van der Waals surface area contributed by atoms with Crippen LogP contribution < -0.4 is 11.3 Å². The third-order valence-electron chi connectivity index (χ3n) is 2.28. The van der Waals surface area contributed by atoms with E-state index in [1.165, 1.54) is 0 Å². The Balaban J connectivity index is 2.46. The molecule has 3 N–H and O–H groups in total.